The first-order valence-corrected chi connectivity index (χ1v) is 5.21. The Balaban J connectivity index is 2.73. The summed E-state index contributed by atoms with van der Waals surface area (Å²) in [5.41, 5.74) is 3.74. The Morgan fingerprint density at radius 1 is 1.21 bits per heavy atom. The molecule has 2 rings (SSSR count). The van der Waals surface area contributed by atoms with Crippen molar-refractivity contribution in [2.75, 3.05) is 0 Å². The maximum absolute atomic E-state index is 5.73. The molecule has 1 heterocycles. The van der Waals surface area contributed by atoms with Crippen molar-refractivity contribution in [1.82, 2.24) is 0 Å². The van der Waals surface area contributed by atoms with E-state index < -0.39 is 0 Å². The summed E-state index contributed by atoms with van der Waals surface area (Å²) in [4.78, 5) is 0. The molecule has 0 aliphatic heterocycles. The largest absolute Gasteiger partial charge is 0.461 e. The van der Waals surface area contributed by atoms with E-state index in [9.17, 15) is 0 Å². The Bertz CT molecular complexity index is 451. The molecule has 0 radical (unpaired) electrons. The van der Waals surface area contributed by atoms with Crippen molar-refractivity contribution in [2.24, 2.45) is 0 Å². The van der Waals surface area contributed by atoms with Gasteiger partial charge in [0, 0.05) is 10.9 Å². The van der Waals surface area contributed by atoms with Gasteiger partial charge in [-0.25, -0.2) is 0 Å². The maximum atomic E-state index is 5.73. The van der Waals surface area contributed by atoms with E-state index in [4.69, 9.17) is 4.42 Å². The van der Waals surface area contributed by atoms with Crippen LogP contribution in [0, 0.1) is 13.8 Å². The molecule has 1 aromatic carbocycles. The number of aryl methyl sites for hydroxylation is 3. The first-order chi connectivity index (χ1) is 6.74. The van der Waals surface area contributed by atoms with Crippen LogP contribution >= 0.6 is 0 Å². The Morgan fingerprint density at radius 3 is 2.71 bits per heavy atom. The zero-order valence-corrected chi connectivity index (χ0v) is 9.05. The third-order valence-corrected chi connectivity index (χ3v) is 2.72. The van der Waals surface area contributed by atoms with Gasteiger partial charge in [-0.3, -0.25) is 0 Å². The predicted molar refractivity (Wildman–Crippen MR) is 59.7 cm³/mol. The minimum Gasteiger partial charge on any atom is -0.461 e. The van der Waals surface area contributed by atoms with Crippen molar-refractivity contribution < 1.29 is 4.42 Å². The van der Waals surface area contributed by atoms with Crippen LogP contribution in [0.15, 0.2) is 22.6 Å². The lowest BCUT2D eigenvalue weighted by Crippen LogP contribution is -1.85. The quantitative estimate of drug-likeness (QED) is 0.694. The number of furan rings is 1. The van der Waals surface area contributed by atoms with Crippen molar-refractivity contribution in [3.63, 3.8) is 0 Å². The number of hydrogen-bond donors (Lipinski definition) is 0. The minimum absolute atomic E-state index is 1.03. The Hall–Kier alpha value is -1.24. The molecule has 0 atom stereocenters. The molecule has 14 heavy (non-hydrogen) atoms. The first-order valence-electron chi connectivity index (χ1n) is 5.21. The van der Waals surface area contributed by atoms with E-state index in [0.717, 1.165) is 17.8 Å². The fourth-order valence-electron chi connectivity index (χ4n) is 2.07. The minimum atomic E-state index is 1.03. The zero-order chi connectivity index (χ0) is 10.1. The van der Waals surface area contributed by atoms with Crippen LogP contribution in [0.4, 0.5) is 0 Å². The fourth-order valence-corrected chi connectivity index (χ4v) is 2.07. The molecule has 0 spiro atoms. The van der Waals surface area contributed by atoms with Gasteiger partial charge < -0.3 is 4.42 Å². The number of rotatable bonds is 2. The molecule has 1 nitrogen and oxygen atoms in total. The van der Waals surface area contributed by atoms with Gasteiger partial charge in [-0.2, -0.15) is 0 Å². The molecule has 0 aliphatic rings. The highest BCUT2D eigenvalue weighted by atomic mass is 16.3. The highest BCUT2D eigenvalue weighted by Gasteiger charge is 2.11. The van der Waals surface area contributed by atoms with Gasteiger partial charge in [-0.15, -0.1) is 0 Å². The molecule has 74 valence electrons. The lowest BCUT2D eigenvalue weighted by Gasteiger charge is -1.99. The molecule has 0 bridgehead atoms. The second kappa shape index (κ2) is 3.49. The number of hydrogen-bond acceptors (Lipinski definition) is 1. The Morgan fingerprint density at radius 2 is 2.00 bits per heavy atom. The molecule has 0 N–H and O–H groups in total. The van der Waals surface area contributed by atoms with E-state index >= 15 is 0 Å². The van der Waals surface area contributed by atoms with Crippen LogP contribution in [-0.4, -0.2) is 0 Å². The molecule has 1 aromatic heterocycles. The van der Waals surface area contributed by atoms with Crippen LogP contribution in [0.25, 0.3) is 11.0 Å². The van der Waals surface area contributed by atoms with E-state index in [0.29, 0.717) is 0 Å². The summed E-state index contributed by atoms with van der Waals surface area (Å²) in [6.45, 7) is 6.41. The standard InChI is InChI=1S/C13H16O/c1-4-6-11-10(3)14-12-8-5-7-9(2)13(11)12/h5,7-8H,4,6H2,1-3H3. The molecule has 0 saturated heterocycles. The van der Waals surface area contributed by atoms with Crippen molar-refractivity contribution in [2.45, 2.75) is 33.6 Å². The van der Waals surface area contributed by atoms with Gasteiger partial charge in [-0.05, 0) is 31.9 Å². The highest BCUT2D eigenvalue weighted by molar-refractivity contribution is 5.85. The van der Waals surface area contributed by atoms with Crippen LogP contribution in [0.2, 0.25) is 0 Å². The van der Waals surface area contributed by atoms with E-state index in [1.165, 1.54) is 22.9 Å². The molecular weight excluding hydrogens is 172 g/mol. The van der Waals surface area contributed by atoms with Gasteiger partial charge in [-0.1, -0.05) is 25.5 Å². The molecule has 0 aliphatic carbocycles. The lowest BCUT2D eigenvalue weighted by atomic mass is 10.0. The van der Waals surface area contributed by atoms with Gasteiger partial charge in [0.1, 0.15) is 11.3 Å². The van der Waals surface area contributed by atoms with E-state index in [1.807, 2.05) is 0 Å². The Labute approximate surface area is 84.7 Å². The second-order valence-corrected chi connectivity index (χ2v) is 3.83. The van der Waals surface area contributed by atoms with Crippen molar-refractivity contribution in [1.29, 1.82) is 0 Å². The average Bonchev–Trinajstić information content (AvgIpc) is 2.45. The van der Waals surface area contributed by atoms with Gasteiger partial charge in [0.25, 0.3) is 0 Å². The molecule has 0 amide bonds. The van der Waals surface area contributed by atoms with Crippen LogP contribution in [0.3, 0.4) is 0 Å². The van der Waals surface area contributed by atoms with Gasteiger partial charge in [0.15, 0.2) is 0 Å². The normalized spacial score (nSPS) is 11.1. The van der Waals surface area contributed by atoms with Crippen molar-refractivity contribution in [3.05, 3.63) is 35.1 Å². The summed E-state index contributed by atoms with van der Waals surface area (Å²) in [6, 6.07) is 6.25. The second-order valence-electron chi connectivity index (χ2n) is 3.83. The van der Waals surface area contributed by atoms with Crippen LogP contribution in [-0.2, 0) is 6.42 Å². The zero-order valence-electron chi connectivity index (χ0n) is 9.05. The van der Waals surface area contributed by atoms with Crippen LogP contribution in [0.5, 0.6) is 0 Å². The van der Waals surface area contributed by atoms with E-state index in [1.54, 1.807) is 0 Å². The van der Waals surface area contributed by atoms with Crippen molar-refractivity contribution >= 4 is 11.0 Å². The number of benzene rings is 1. The summed E-state index contributed by atoms with van der Waals surface area (Å²) in [6.07, 6.45) is 2.29. The van der Waals surface area contributed by atoms with Gasteiger partial charge in [0.05, 0.1) is 0 Å². The molecule has 0 fully saturated rings. The topological polar surface area (TPSA) is 13.1 Å². The summed E-state index contributed by atoms with van der Waals surface area (Å²) in [5, 5.41) is 1.33. The smallest absolute Gasteiger partial charge is 0.134 e. The Kier molecular flexibility index (Phi) is 2.32. The molecular formula is C13H16O. The molecule has 1 heteroatoms. The lowest BCUT2D eigenvalue weighted by molar-refractivity contribution is 0.571. The third kappa shape index (κ3) is 1.33. The average molecular weight is 188 g/mol. The predicted octanol–water partition coefficient (Wildman–Crippen LogP) is 4.00. The molecule has 0 unspecified atom stereocenters. The molecule has 2 aromatic rings. The fraction of sp³-hybridized carbons (Fsp3) is 0.385. The van der Waals surface area contributed by atoms with Gasteiger partial charge in [0.2, 0.25) is 0 Å². The third-order valence-electron chi connectivity index (χ3n) is 2.72. The molecule has 0 saturated carbocycles. The van der Waals surface area contributed by atoms with E-state index in [-0.39, 0.29) is 0 Å². The van der Waals surface area contributed by atoms with Gasteiger partial charge >= 0.3 is 0 Å². The van der Waals surface area contributed by atoms with Crippen LogP contribution in [0.1, 0.15) is 30.2 Å². The van der Waals surface area contributed by atoms with Crippen molar-refractivity contribution in [3.8, 4) is 0 Å². The maximum Gasteiger partial charge on any atom is 0.134 e. The summed E-state index contributed by atoms with van der Waals surface area (Å²) in [5.74, 6) is 1.08. The number of fused-ring (bicyclic) bond motifs is 1. The summed E-state index contributed by atoms with van der Waals surface area (Å²) in [7, 11) is 0. The summed E-state index contributed by atoms with van der Waals surface area (Å²) >= 11 is 0. The summed E-state index contributed by atoms with van der Waals surface area (Å²) < 4.78 is 5.73. The van der Waals surface area contributed by atoms with Crippen LogP contribution < -0.4 is 0 Å². The first kappa shape index (κ1) is 9.32. The van der Waals surface area contributed by atoms with E-state index in [2.05, 4.69) is 39.0 Å². The SMILES string of the molecule is CCCc1c(C)oc2cccc(C)c12. The monoisotopic (exact) mass is 188 g/mol. The highest BCUT2D eigenvalue weighted by Crippen LogP contribution is 2.28.